The molecule has 0 aromatic heterocycles. The number of phenolic OH excluding ortho intramolecular Hbond substituents is 1. The Hall–Kier alpha value is -1.98. The highest BCUT2D eigenvalue weighted by Gasteiger charge is 2.27. The van der Waals surface area contributed by atoms with Gasteiger partial charge in [0.05, 0.1) is 5.92 Å². The first kappa shape index (κ1) is 11.5. The van der Waals surface area contributed by atoms with Crippen LogP contribution in [0, 0.1) is 11.7 Å². The van der Waals surface area contributed by atoms with Gasteiger partial charge in [0.25, 0.3) is 0 Å². The molecule has 92 valence electrons. The Morgan fingerprint density at radius 2 is 2.29 bits per heavy atom. The van der Waals surface area contributed by atoms with Crippen LogP contribution >= 0.6 is 0 Å². The summed E-state index contributed by atoms with van der Waals surface area (Å²) in [6.07, 6.45) is -0.0682. The van der Waals surface area contributed by atoms with Gasteiger partial charge >= 0.3 is 5.97 Å². The van der Waals surface area contributed by atoms with E-state index in [2.05, 4.69) is 0 Å². The highest BCUT2D eigenvalue weighted by atomic mass is 19.1. The van der Waals surface area contributed by atoms with Gasteiger partial charge in [-0.1, -0.05) is 6.92 Å². The minimum atomic E-state index is -1.04. The number of rotatable bonds is 3. The van der Waals surface area contributed by atoms with Gasteiger partial charge in [0.2, 0.25) is 6.79 Å². The first-order chi connectivity index (χ1) is 8.00. The number of halogens is 1. The Morgan fingerprint density at radius 3 is 2.94 bits per heavy atom. The van der Waals surface area contributed by atoms with E-state index in [1.54, 1.807) is 0 Å². The lowest BCUT2D eigenvalue weighted by molar-refractivity contribution is -0.141. The van der Waals surface area contributed by atoms with Crippen molar-refractivity contribution in [2.45, 2.75) is 13.3 Å². The maximum atomic E-state index is 13.7. The molecule has 0 amide bonds. The van der Waals surface area contributed by atoms with E-state index in [4.69, 9.17) is 14.6 Å². The summed E-state index contributed by atoms with van der Waals surface area (Å²) in [5.74, 6) is -2.84. The van der Waals surface area contributed by atoms with Gasteiger partial charge in [0.15, 0.2) is 23.1 Å². The van der Waals surface area contributed by atoms with Crippen molar-refractivity contribution >= 4 is 5.97 Å². The minimum absolute atomic E-state index is 0.0346. The molecule has 6 heteroatoms. The van der Waals surface area contributed by atoms with Gasteiger partial charge in [-0.3, -0.25) is 4.79 Å². The molecule has 1 aromatic rings. The third kappa shape index (κ3) is 1.98. The summed E-state index contributed by atoms with van der Waals surface area (Å²) in [5.41, 5.74) is 0.0346. The number of carboxylic acids is 1. The van der Waals surface area contributed by atoms with Gasteiger partial charge in [0, 0.05) is 11.6 Å². The highest BCUT2D eigenvalue weighted by Crippen LogP contribution is 2.42. The number of aromatic hydroxyl groups is 1. The van der Waals surface area contributed by atoms with E-state index in [1.165, 1.54) is 6.92 Å². The summed E-state index contributed by atoms with van der Waals surface area (Å²) in [6, 6.07) is 1.12. The summed E-state index contributed by atoms with van der Waals surface area (Å²) in [4.78, 5) is 10.7. The van der Waals surface area contributed by atoms with Gasteiger partial charge in [-0.05, 0) is 6.42 Å². The lowest BCUT2D eigenvalue weighted by Gasteiger charge is -2.11. The normalized spacial score (nSPS) is 14.7. The molecule has 1 aliphatic rings. The Balaban J connectivity index is 2.42. The van der Waals surface area contributed by atoms with Crippen molar-refractivity contribution in [3.63, 3.8) is 0 Å². The zero-order chi connectivity index (χ0) is 12.6. The number of hydrogen-bond acceptors (Lipinski definition) is 4. The molecule has 1 aromatic carbocycles. The fraction of sp³-hybridized carbons (Fsp3) is 0.364. The van der Waals surface area contributed by atoms with Gasteiger partial charge in [-0.2, -0.15) is 0 Å². The summed E-state index contributed by atoms with van der Waals surface area (Å²) in [5, 5.41) is 18.2. The molecule has 0 saturated carbocycles. The fourth-order valence-corrected chi connectivity index (χ4v) is 1.65. The molecule has 0 aliphatic carbocycles. The van der Waals surface area contributed by atoms with Crippen LogP contribution in [0.2, 0.25) is 0 Å². The molecule has 17 heavy (non-hydrogen) atoms. The van der Waals surface area contributed by atoms with Crippen LogP contribution in [0.3, 0.4) is 0 Å². The summed E-state index contributed by atoms with van der Waals surface area (Å²) < 4.78 is 23.8. The lowest BCUT2D eigenvalue weighted by atomic mass is 9.99. The molecule has 0 fully saturated rings. The zero-order valence-corrected chi connectivity index (χ0v) is 9.07. The van der Waals surface area contributed by atoms with E-state index >= 15 is 0 Å². The second-order valence-corrected chi connectivity index (χ2v) is 3.87. The molecule has 0 bridgehead atoms. The Bertz CT molecular complexity index is 471. The quantitative estimate of drug-likeness (QED) is 0.840. The van der Waals surface area contributed by atoms with Crippen molar-refractivity contribution in [3.05, 3.63) is 17.4 Å². The highest BCUT2D eigenvalue weighted by molar-refractivity contribution is 5.70. The second-order valence-electron chi connectivity index (χ2n) is 3.87. The maximum Gasteiger partial charge on any atom is 0.306 e. The smallest absolute Gasteiger partial charge is 0.306 e. The molecule has 1 atom stereocenters. The third-order valence-corrected chi connectivity index (χ3v) is 2.61. The Labute approximate surface area is 96.4 Å². The Kier molecular flexibility index (Phi) is 2.79. The average molecular weight is 242 g/mol. The van der Waals surface area contributed by atoms with Crippen molar-refractivity contribution < 1.29 is 28.9 Å². The van der Waals surface area contributed by atoms with Crippen LogP contribution in [0.4, 0.5) is 4.39 Å². The van der Waals surface area contributed by atoms with Crippen LogP contribution in [-0.2, 0) is 11.2 Å². The van der Waals surface area contributed by atoms with Crippen molar-refractivity contribution in [3.8, 4) is 17.2 Å². The average Bonchev–Trinajstić information content (AvgIpc) is 2.71. The number of carboxylic acid groups (broad SMARTS) is 1. The molecular weight excluding hydrogens is 231 g/mol. The van der Waals surface area contributed by atoms with E-state index in [1.807, 2.05) is 0 Å². The third-order valence-electron chi connectivity index (χ3n) is 2.61. The number of carbonyl (C=O) groups is 1. The molecule has 0 saturated heterocycles. The number of aliphatic carboxylic acids is 1. The van der Waals surface area contributed by atoms with Gasteiger partial charge in [-0.25, -0.2) is 4.39 Å². The number of hydrogen-bond donors (Lipinski definition) is 2. The maximum absolute atomic E-state index is 13.7. The van der Waals surface area contributed by atoms with Gasteiger partial charge in [0.1, 0.15) is 0 Å². The van der Waals surface area contributed by atoms with E-state index < -0.39 is 23.5 Å². The Morgan fingerprint density at radius 1 is 1.59 bits per heavy atom. The molecule has 1 heterocycles. The van der Waals surface area contributed by atoms with E-state index in [0.717, 1.165) is 6.07 Å². The number of phenols is 1. The van der Waals surface area contributed by atoms with Crippen molar-refractivity contribution in [2.75, 3.05) is 6.79 Å². The second kappa shape index (κ2) is 4.12. The summed E-state index contributed by atoms with van der Waals surface area (Å²) in [7, 11) is 0. The summed E-state index contributed by atoms with van der Waals surface area (Å²) >= 11 is 0. The topological polar surface area (TPSA) is 76.0 Å². The van der Waals surface area contributed by atoms with E-state index in [0.29, 0.717) is 0 Å². The largest absolute Gasteiger partial charge is 0.505 e. The van der Waals surface area contributed by atoms with Crippen LogP contribution in [-0.4, -0.2) is 23.0 Å². The van der Waals surface area contributed by atoms with E-state index in [9.17, 15) is 14.3 Å². The molecule has 1 aliphatic heterocycles. The molecular formula is C11H11FO5. The number of ether oxygens (including phenoxy) is 2. The van der Waals surface area contributed by atoms with Crippen LogP contribution in [0.15, 0.2) is 6.07 Å². The van der Waals surface area contributed by atoms with Crippen molar-refractivity contribution in [1.29, 1.82) is 0 Å². The number of fused-ring (bicyclic) bond motifs is 1. The van der Waals surface area contributed by atoms with Crippen molar-refractivity contribution in [1.82, 2.24) is 0 Å². The monoisotopic (exact) mass is 242 g/mol. The minimum Gasteiger partial charge on any atom is -0.505 e. The molecule has 1 unspecified atom stereocenters. The van der Waals surface area contributed by atoms with Crippen LogP contribution in [0.5, 0.6) is 17.2 Å². The standard InChI is InChI=1S/C11H11FO5/c1-5(11(14)15)2-6-9(12)7(13)3-8-10(6)17-4-16-8/h3,5,13H,2,4H2,1H3,(H,14,15). The first-order valence-electron chi connectivity index (χ1n) is 5.03. The molecule has 2 N–H and O–H groups in total. The lowest BCUT2D eigenvalue weighted by Crippen LogP contribution is -2.13. The van der Waals surface area contributed by atoms with Gasteiger partial charge in [-0.15, -0.1) is 0 Å². The first-order valence-corrected chi connectivity index (χ1v) is 5.03. The summed E-state index contributed by atoms with van der Waals surface area (Å²) in [6.45, 7) is 1.39. The molecule has 2 rings (SSSR count). The van der Waals surface area contributed by atoms with E-state index in [-0.39, 0.29) is 30.3 Å². The van der Waals surface area contributed by atoms with Crippen LogP contribution in [0.1, 0.15) is 12.5 Å². The van der Waals surface area contributed by atoms with Gasteiger partial charge < -0.3 is 19.7 Å². The van der Waals surface area contributed by atoms with Crippen LogP contribution in [0.25, 0.3) is 0 Å². The predicted octanol–water partition coefficient (Wildman–Crippen LogP) is 1.52. The fourth-order valence-electron chi connectivity index (χ4n) is 1.65. The zero-order valence-electron chi connectivity index (χ0n) is 9.07. The molecule has 0 radical (unpaired) electrons. The number of benzene rings is 1. The SMILES string of the molecule is CC(Cc1c(F)c(O)cc2c1OCO2)C(=O)O. The predicted molar refractivity (Wildman–Crippen MR) is 54.7 cm³/mol. The molecule has 5 nitrogen and oxygen atoms in total. The van der Waals surface area contributed by atoms with Crippen molar-refractivity contribution in [2.24, 2.45) is 5.92 Å². The van der Waals surface area contributed by atoms with Crippen LogP contribution < -0.4 is 9.47 Å². The molecule has 0 spiro atoms.